The van der Waals surface area contributed by atoms with Gasteiger partial charge >= 0.3 is 0 Å². The highest BCUT2D eigenvalue weighted by Crippen LogP contribution is 2.33. The topological polar surface area (TPSA) is 84.2 Å². The van der Waals surface area contributed by atoms with Crippen molar-refractivity contribution in [2.45, 2.75) is 44.6 Å². The van der Waals surface area contributed by atoms with Crippen LogP contribution in [0.3, 0.4) is 0 Å². The lowest BCUT2D eigenvalue weighted by Gasteiger charge is -2.17. The Morgan fingerprint density at radius 3 is 2.21 bits per heavy atom. The summed E-state index contributed by atoms with van der Waals surface area (Å²) in [5.41, 5.74) is 4.65. The predicted octanol–water partition coefficient (Wildman–Crippen LogP) is 1.67. The zero-order valence-corrected chi connectivity index (χ0v) is 12.3. The van der Waals surface area contributed by atoms with Crippen LogP contribution in [0, 0.1) is 19.8 Å². The lowest BCUT2D eigenvalue weighted by Crippen LogP contribution is -2.34. The lowest BCUT2D eigenvalue weighted by atomic mass is 10.1. The third-order valence-corrected chi connectivity index (χ3v) is 5.43. The van der Waals surface area contributed by atoms with E-state index in [1.54, 1.807) is 26.0 Å². The van der Waals surface area contributed by atoms with Crippen LogP contribution in [0.5, 0.6) is 0 Å². The van der Waals surface area contributed by atoms with Crippen molar-refractivity contribution >= 4 is 15.7 Å². The predicted molar refractivity (Wildman–Crippen MR) is 76.2 cm³/mol. The Labute approximate surface area is 114 Å². The summed E-state index contributed by atoms with van der Waals surface area (Å²) < 4.78 is 27.7. The van der Waals surface area contributed by atoms with E-state index in [1.165, 1.54) is 0 Å². The molecular formula is C13H21N3O2S. The molecule has 0 aliphatic heterocycles. The van der Waals surface area contributed by atoms with Gasteiger partial charge in [0.25, 0.3) is 0 Å². The standard InChI is InChI=1S/C13H21N3O2S/c1-8-6-12(15-14)7-9(2)13(8)19(17,18)16-10(3)11-4-5-11/h6-7,10-11,15-16H,4-5,14H2,1-3H3. The quantitative estimate of drug-likeness (QED) is 0.567. The Kier molecular flexibility index (Phi) is 3.85. The smallest absolute Gasteiger partial charge is 0.241 e. The van der Waals surface area contributed by atoms with E-state index < -0.39 is 10.0 Å². The lowest BCUT2D eigenvalue weighted by molar-refractivity contribution is 0.537. The minimum absolute atomic E-state index is 0.00360. The number of benzene rings is 1. The number of hydrogen-bond acceptors (Lipinski definition) is 4. The fourth-order valence-electron chi connectivity index (χ4n) is 2.45. The van der Waals surface area contributed by atoms with Gasteiger partial charge in [-0.3, -0.25) is 5.84 Å². The highest BCUT2D eigenvalue weighted by atomic mass is 32.2. The first kappa shape index (κ1) is 14.3. The van der Waals surface area contributed by atoms with Gasteiger partial charge in [0.2, 0.25) is 10.0 Å². The molecule has 1 aromatic carbocycles. The molecule has 1 saturated carbocycles. The van der Waals surface area contributed by atoms with Gasteiger partial charge < -0.3 is 5.43 Å². The number of rotatable bonds is 5. The second-order valence-corrected chi connectivity index (χ2v) is 6.98. The minimum Gasteiger partial charge on any atom is -0.324 e. The van der Waals surface area contributed by atoms with E-state index in [9.17, 15) is 8.42 Å². The highest BCUT2D eigenvalue weighted by Gasteiger charge is 2.32. The SMILES string of the molecule is Cc1cc(NN)cc(C)c1S(=O)(=O)NC(C)C1CC1. The zero-order chi connectivity index (χ0) is 14.2. The van der Waals surface area contributed by atoms with Gasteiger partial charge in [-0.05, 0) is 62.8 Å². The molecule has 1 aliphatic carbocycles. The number of hydrogen-bond donors (Lipinski definition) is 3. The molecule has 1 aromatic rings. The summed E-state index contributed by atoms with van der Waals surface area (Å²) in [7, 11) is -3.47. The fourth-order valence-corrected chi connectivity index (χ4v) is 4.22. The maximum absolute atomic E-state index is 12.5. The van der Waals surface area contributed by atoms with Gasteiger partial charge in [0.1, 0.15) is 0 Å². The van der Waals surface area contributed by atoms with Crippen molar-refractivity contribution in [1.82, 2.24) is 4.72 Å². The molecule has 1 unspecified atom stereocenters. The molecule has 5 nitrogen and oxygen atoms in total. The largest absolute Gasteiger partial charge is 0.324 e. The Bertz CT molecular complexity index is 557. The maximum atomic E-state index is 12.5. The van der Waals surface area contributed by atoms with Crippen molar-refractivity contribution in [2.75, 3.05) is 5.43 Å². The monoisotopic (exact) mass is 283 g/mol. The number of nitrogens with two attached hydrogens (primary N) is 1. The number of nitrogen functional groups attached to an aromatic ring is 1. The first-order chi connectivity index (χ1) is 8.85. The molecule has 19 heavy (non-hydrogen) atoms. The molecule has 0 spiro atoms. The first-order valence-electron chi connectivity index (χ1n) is 6.45. The molecule has 0 heterocycles. The summed E-state index contributed by atoms with van der Waals surface area (Å²) in [6.07, 6.45) is 2.22. The molecule has 0 radical (unpaired) electrons. The van der Waals surface area contributed by atoms with E-state index in [-0.39, 0.29) is 6.04 Å². The molecule has 1 atom stereocenters. The summed E-state index contributed by atoms with van der Waals surface area (Å²) in [5.74, 6) is 5.85. The summed E-state index contributed by atoms with van der Waals surface area (Å²) in [6, 6.07) is 3.48. The third-order valence-electron chi connectivity index (χ3n) is 3.57. The van der Waals surface area contributed by atoms with Crippen LogP contribution in [-0.4, -0.2) is 14.5 Å². The average molecular weight is 283 g/mol. The summed E-state index contributed by atoms with van der Waals surface area (Å²) in [4.78, 5) is 0.360. The Morgan fingerprint density at radius 2 is 1.79 bits per heavy atom. The third kappa shape index (κ3) is 3.08. The van der Waals surface area contributed by atoms with Crippen molar-refractivity contribution in [1.29, 1.82) is 0 Å². The molecule has 4 N–H and O–H groups in total. The fraction of sp³-hybridized carbons (Fsp3) is 0.538. The number of sulfonamides is 1. The van der Waals surface area contributed by atoms with Crippen LogP contribution >= 0.6 is 0 Å². The van der Waals surface area contributed by atoms with Crippen LogP contribution in [0.15, 0.2) is 17.0 Å². The molecule has 0 amide bonds. The van der Waals surface area contributed by atoms with Crippen LogP contribution in [0.4, 0.5) is 5.69 Å². The van der Waals surface area contributed by atoms with Crippen molar-refractivity contribution in [3.63, 3.8) is 0 Å². The van der Waals surface area contributed by atoms with Crippen molar-refractivity contribution < 1.29 is 8.42 Å². The number of nitrogens with one attached hydrogen (secondary N) is 2. The summed E-state index contributed by atoms with van der Waals surface area (Å²) >= 11 is 0. The summed E-state index contributed by atoms with van der Waals surface area (Å²) in [6.45, 7) is 5.49. The van der Waals surface area contributed by atoms with Gasteiger partial charge in [0.05, 0.1) is 4.90 Å². The second-order valence-electron chi connectivity index (χ2n) is 5.33. The van der Waals surface area contributed by atoms with Gasteiger partial charge in [-0.1, -0.05) is 0 Å². The van der Waals surface area contributed by atoms with Gasteiger partial charge in [-0.15, -0.1) is 0 Å². The van der Waals surface area contributed by atoms with Gasteiger partial charge in [0.15, 0.2) is 0 Å². The van der Waals surface area contributed by atoms with Crippen LogP contribution in [0.2, 0.25) is 0 Å². The molecule has 0 aromatic heterocycles. The van der Waals surface area contributed by atoms with E-state index in [1.807, 2.05) is 6.92 Å². The van der Waals surface area contributed by atoms with Gasteiger partial charge in [0, 0.05) is 11.7 Å². The maximum Gasteiger partial charge on any atom is 0.241 e. The van der Waals surface area contributed by atoms with Crippen LogP contribution in [0.25, 0.3) is 0 Å². The average Bonchev–Trinajstić information content (AvgIpc) is 3.10. The minimum atomic E-state index is -3.47. The Morgan fingerprint density at radius 1 is 1.26 bits per heavy atom. The van der Waals surface area contributed by atoms with E-state index in [4.69, 9.17) is 5.84 Å². The second kappa shape index (κ2) is 5.11. The molecule has 106 valence electrons. The number of hydrazine groups is 1. The Balaban J connectivity index is 2.34. The van der Waals surface area contributed by atoms with Gasteiger partial charge in [-0.2, -0.15) is 0 Å². The molecule has 2 rings (SSSR count). The van der Waals surface area contributed by atoms with Crippen molar-refractivity contribution in [3.8, 4) is 0 Å². The number of aryl methyl sites for hydroxylation is 2. The Hall–Kier alpha value is -1.11. The zero-order valence-electron chi connectivity index (χ0n) is 11.5. The highest BCUT2D eigenvalue weighted by molar-refractivity contribution is 7.89. The molecule has 1 aliphatic rings. The molecule has 6 heteroatoms. The van der Waals surface area contributed by atoms with E-state index in [2.05, 4.69) is 10.1 Å². The molecular weight excluding hydrogens is 262 g/mol. The van der Waals surface area contributed by atoms with Gasteiger partial charge in [-0.25, -0.2) is 13.1 Å². The van der Waals surface area contributed by atoms with E-state index >= 15 is 0 Å². The molecule has 1 fully saturated rings. The number of anilines is 1. The van der Waals surface area contributed by atoms with E-state index in [0.29, 0.717) is 27.6 Å². The van der Waals surface area contributed by atoms with Crippen molar-refractivity contribution in [2.24, 2.45) is 11.8 Å². The summed E-state index contributed by atoms with van der Waals surface area (Å²) in [5, 5.41) is 0. The van der Waals surface area contributed by atoms with Crippen molar-refractivity contribution in [3.05, 3.63) is 23.3 Å². The van der Waals surface area contributed by atoms with Crippen LogP contribution < -0.4 is 16.0 Å². The van der Waals surface area contributed by atoms with E-state index in [0.717, 1.165) is 12.8 Å². The van der Waals surface area contributed by atoms with Crippen LogP contribution in [-0.2, 0) is 10.0 Å². The first-order valence-corrected chi connectivity index (χ1v) is 7.93. The normalized spacial score (nSPS) is 17.3. The molecule has 0 bridgehead atoms. The molecule has 0 saturated heterocycles. The van der Waals surface area contributed by atoms with Crippen LogP contribution in [0.1, 0.15) is 30.9 Å².